The van der Waals surface area contributed by atoms with Crippen molar-refractivity contribution in [1.29, 1.82) is 0 Å². The maximum absolute atomic E-state index is 11.8. The van der Waals surface area contributed by atoms with E-state index in [1.165, 1.54) is 0 Å². The van der Waals surface area contributed by atoms with Crippen molar-refractivity contribution in [3.05, 3.63) is 47.5 Å². The van der Waals surface area contributed by atoms with E-state index < -0.39 is 5.60 Å². The van der Waals surface area contributed by atoms with Crippen LogP contribution in [0.2, 0.25) is 0 Å². The van der Waals surface area contributed by atoms with E-state index in [-0.39, 0.29) is 12.6 Å². The molecule has 0 aliphatic carbocycles. The van der Waals surface area contributed by atoms with Crippen LogP contribution in [0.15, 0.2) is 36.4 Å². The molecule has 0 aromatic heterocycles. The number of carbonyl (C=O) groups is 1. The lowest BCUT2D eigenvalue weighted by Gasteiger charge is -2.19. The molecular formula is C24H32O6. The Balaban J connectivity index is 1.94. The fourth-order valence-electron chi connectivity index (χ4n) is 3.07. The molecule has 0 unspecified atom stereocenters. The number of benzene rings is 2. The second-order valence-electron chi connectivity index (χ2n) is 7.90. The molecule has 2 rings (SSSR count). The molecule has 0 aliphatic rings. The van der Waals surface area contributed by atoms with Gasteiger partial charge < -0.3 is 23.7 Å². The molecular weight excluding hydrogens is 384 g/mol. The highest BCUT2D eigenvalue weighted by Gasteiger charge is 2.16. The van der Waals surface area contributed by atoms with Crippen LogP contribution in [0, 0.1) is 0 Å². The first-order valence-electron chi connectivity index (χ1n) is 9.98. The third kappa shape index (κ3) is 7.17. The van der Waals surface area contributed by atoms with Crippen LogP contribution >= 0.6 is 0 Å². The number of hydrogen-bond donors (Lipinski definition) is 0. The predicted molar refractivity (Wildman–Crippen MR) is 116 cm³/mol. The van der Waals surface area contributed by atoms with Gasteiger partial charge in [-0.3, -0.25) is 0 Å². The summed E-state index contributed by atoms with van der Waals surface area (Å²) >= 11 is 0. The zero-order valence-electron chi connectivity index (χ0n) is 18.7. The molecule has 2 aromatic carbocycles. The molecule has 0 heterocycles. The van der Waals surface area contributed by atoms with Gasteiger partial charge in [-0.05, 0) is 69.4 Å². The number of methoxy groups -OCH3 is 3. The Kier molecular flexibility index (Phi) is 8.39. The monoisotopic (exact) mass is 416 g/mol. The Bertz CT molecular complexity index is 838. The summed E-state index contributed by atoms with van der Waals surface area (Å²) in [6, 6.07) is 11.6. The quantitative estimate of drug-likeness (QED) is 0.527. The average Bonchev–Trinajstić information content (AvgIpc) is 2.71. The molecule has 0 amide bonds. The SMILES string of the molecule is COc1cc(OC)c(OC)cc1CCCc1cccc(OCC(=O)OC(C)(C)C)c1. The van der Waals surface area contributed by atoms with Crippen molar-refractivity contribution in [2.75, 3.05) is 27.9 Å². The van der Waals surface area contributed by atoms with Crippen molar-refractivity contribution < 1.29 is 28.5 Å². The second kappa shape index (κ2) is 10.8. The average molecular weight is 417 g/mol. The summed E-state index contributed by atoms with van der Waals surface area (Å²) in [6.45, 7) is 5.39. The zero-order chi connectivity index (χ0) is 22.1. The predicted octanol–water partition coefficient (Wildman–Crippen LogP) is 4.61. The van der Waals surface area contributed by atoms with Crippen LogP contribution in [0.1, 0.15) is 38.3 Å². The van der Waals surface area contributed by atoms with Gasteiger partial charge in [0.1, 0.15) is 17.1 Å². The van der Waals surface area contributed by atoms with Gasteiger partial charge in [0.05, 0.1) is 21.3 Å². The number of esters is 1. The number of aryl methyl sites for hydroxylation is 2. The fourth-order valence-corrected chi connectivity index (χ4v) is 3.07. The Morgan fingerprint density at radius 3 is 2.17 bits per heavy atom. The lowest BCUT2D eigenvalue weighted by Crippen LogP contribution is -2.27. The summed E-state index contributed by atoms with van der Waals surface area (Å²) in [7, 11) is 4.88. The minimum atomic E-state index is -0.520. The molecule has 0 radical (unpaired) electrons. The van der Waals surface area contributed by atoms with Crippen molar-refractivity contribution in [2.24, 2.45) is 0 Å². The summed E-state index contributed by atoms with van der Waals surface area (Å²) in [6.07, 6.45) is 2.61. The van der Waals surface area contributed by atoms with Crippen LogP contribution in [0.5, 0.6) is 23.0 Å². The maximum atomic E-state index is 11.8. The number of ether oxygens (including phenoxy) is 5. The minimum Gasteiger partial charge on any atom is -0.496 e. The van der Waals surface area contributed by atoms with Crippen LogP contribution < -0.4 is 18.9 Å². The molecule has 30 heavy (non-hydrogen) atoms. The van der Waals surface area contributed by atoms with Gasteiger partial charge in [0.25, 0.3) is 0 Å². The largest absolute Gasteiger partial charge is 0.496 e. The van der Waals surface area contributed by atoms with Gasteiger partial charge in [-0.1, -0.05) is 12.1 Å². The maximum Gasteiger partial charge on any atom is 0.344 e. The van der Waals surface area contributed by atoms with Crippen molar-refractivity contribution in [3.8, 4) is 23.0 Å². The molecule has 164 valence electrons. The van der Waals surface area contributed by atoms with Crippen molar-refractivity contribution >= 4 is 5.97 Å². The highest BCUT2D eigenvalue weighted by Crippen LogP contribution is 2.35. The van der Waals surface area contributed by atoms with Crippen molar-refractivity contribution in [2.45, 2.75) is 45.6 Å². The number of hydrogen-bond acceptors (Lipinski definition) is 6. The third-order valence-corrected chi connectivity index (χ3v) is 4.37. The van der Waals surface area contributed by atoms with Gasteiger partial charge in [0.2, 0.25) is 0 Å². The molecule has 0 saturated heterocycles. The molecule has 2 aromatic rings. The standard InChI is InChI=1S/C24H32O6/c1-24(2,3)30-23(25)16-29-19-12-8-10-17(13-19)9-7-11-18-14-21(27-5)22(28-6)15-20(18)26-4/h8,10,12-15H,7,9,11,16H2,1-6H3. The highest BCUT2D eigenvalue weighted by atomic mass is 16.6. The van der Waals surface area contributed by atoms with E-state index in [4.69, 9.17) is 23.7 Å². The van der Waals surface area contributed by atoms with Gasteiger partial charge in [-0.25, -0.2) is 4.79 Å². The van der Waals surface area contributed by atoms with Crippen LogP contribution in [0.4, 0.5) is 0 Å². The van der Waals surface area contributed by atoms with Gasteiger partial charge in [-0.15, -0.1) is 0 Å². The van der Waals surface area contributed by atoms with Crippen molar-refractivity contribution in [1.82, 2.24) is 0 Å². The van der Waals surface area contributed by atoms with Crippen LogP contribution in [0.25, 0.3) is 0 Å². The summed E-state index contributed by atoms with van der Waals surface area (Å²) in [5.41, 5.74) is 1.68. The Labute approximate surface area is 179 Å². The fraction of sp³-hybridized carbons (Fsp3) is 0.458. The number of rotatable bonds is 10. The molecule has 0 spiro atoms. The lowest BCUT2D eigenvalue weighted by molar-refractivity contribution is -0.157. The normalized spacial score (nSPS) is 11.0. The summed E-state index contributed by atoms with van der Waals surface area (Å²) < 4.78 is 27.1. The zero-order valence-corrected chi connectivity index (χ0v) is 18.7. The summed E-state index contributed by atoms with van der Waals surface area (Å²) in [5.74, 6) is 2.39. The van der Waals surface area contributed by atoms with Crippen molar-refractivity contribution in [3.63, 3.8) is 0 Å². The first-order chi connectivity index (χ1) is 14.3. The van der Waals surface area contributed by atoms with Crippen LogP contribution in [0.3, 0.4) is 0 Å². The Morgan fingerprint density at radius 1 is 0.867 bits per heavy atom. The molecule has 0 fully saturated rings. The number of carbonyl (C=O) groups excluding carboxylic acids is 1. The third-order valence-electron chi connectivity index (χ3n) is 4.37. The molecule has 0 atom stereocenters. The van der Waals surface area contributed by atoms with Gasteiger partial charge in [0.15, 0.2) is 18.1 Å². The topological polar surface area (TPSA) is 63.2 Å². The van der Waals surface area contributed by atoms with Crippen LogP contribution in [-0.4, -0.2) is 39.5 Å². The molecule has 0 saturated carbocycles. The van der Waals surface area contributed by atoms with E-state index in [0.29, 0.717) is 17.2 Å². The highest BCUT2D eigenvalue weighted by molar-refractivity contribution is 5.71. The van der Waals surface area contributed by atoms with E-state index >= 15 is 0 Å². The molecule has 0 bridgehead atoms. The first-order valence-corrected chi connectivity index (χ1v) is 9.98. The lowest BCUT2D eigenvalue weighted by atomic mass is 10.0. The van der Waals surface area contributed by atoms with Gasteiger partial charge >= 0.3 is 5.97 Å². The van der Waals surface area contributed by atoms with E-state index in [9.17, 15) is 4.79 Å². The summed E-state index contributed by atoms with van der Waals surface area (Å²) in [5, 5.41) is 0. The van der Waals surface area contributed by atoms with E-state index in [2.05, 4.69) is 0 Å². The van der Waals surface area contributed by atoms with E-state index in [1.54, 1.807) is 21.3 Å². The Morgan fingerprint density at radius 2 is 1.53 bits per heavy atom. The van der Waals surface area contributed by atoms with Crippen LogP contribution in [-0.2, 0) is 22.4 Å². The molecule has 6 nitrogen and oxygen atoms in total. The summed E-state index contributed by atoms with van der Waals surface area (Å²) in [4.78, 5) is 11.8. The van der Waals surface area contributed by atoms with Gasteiger partial charge in [-0.2, -0.15) is 0 Å². The van der Waals surface area contributed by atoms with E-state index in [1.807, 2.05) is 57.2 Å². The molecule has 6 heteroatoms. The molecule has 0 aliphatic heterocycles. The smallest absolute Gasteiger partial charge is 0.344 e. The first kappa shape index (κ1) is 23.4. The minimum absolute atomic E-state index is 0.108. The van der Waals surface area contributed by atoms with Gasteiger partial charge in [0, 0.05) is 6.07 Å². The Hall–Kier alpha value is -2.89. The molecule has 0 N–H and O–H groups in total. The second-order valence-corrected chi connectivity index (χ2v) is 7.90. The van der Waals surface area contributed by atoms with E-state index in [0.717, 1.165) is 36.1 Å².